The van der Waals surface area contributed by atoms with Crippen molar-refractivity contribution >= 4 is 0 Å². The van der Waals surface area contributed by atoms with Gasteiger partial charge >= 0.3 is 0 Å². The van der Waals surface area contributed by atoms with Crippen molar-refractivity contribution in [2.24, 2.45) is 5.73 Å². The Morgan fingerprint density at radius 3 is 2.81 bits per heavy atom. The number of ether oxygens (including phenoxy) is 1. The molecule has 4 heteroatoms. The summed E-state index contributed by atoms with van der Waals surface area (Å²) in [6, 6.07) is 8.28. The van der Waals surface area contributed by atoms with E-state index in [-0.39, 0.29) is 0 Å². The molecule has 110 valence electrons. The molecule has 21 heavy (non-hydrogen) atoms. The van der Waals surface area contributed by atoms with Crippen molar-refractivity contribution in [3.05, 3.63) is 47.3 Å². The van der Waals surface area contributed by atoms with Crippen molar-refractivity contribution in [2.75, 3.05) is 6.54 Å². The molecule has 0 aliphatic carbocycles. The lowest BCUT2D eigenvalue weighted by atomic mass is 10.1. The van der Waals surface area contributed by atoms with E-state index < -0.39 is 0 Å². The number of nitrogens with zero attached hydrogens (tertiary/aromatic N) is 2. The van der Waals surface area contributed by atoms with Gasteiger partial charge in [-0.25, -0.2) is 0 Å². The summed E-state index contributed by atoms with van der Waals surface area (Å²) in [6.45, 7) is 6.99. The predicted molar refractivity (Wildman–Crippen MR) is 84.1 cm³/mol. The van der Waals surface area contributed by atoms with E-state index in [1.54, 1.807) is 0 Å². The quantitative estimate of drug-likeness (QED) is 0.878. The van der Waals surface area contributed by atoms with Crippen molar-refractivity contribution < 1.29 is 4.74 Å². The van der Waals surface area contributed by atoms with Crippen molar-refractivity contribution in [3.63, 3.8) is 0 Å². The number of hydrogen-bond donors (Lipinski definition) is 1. The van der Waals surface area contributed by atoms with Crippen LogP contribution in [0.15, 0.2) is 30.5 Å². The summed E-state index contributed by atoms with van der Waals surface area (Å²) >= 11 is 0. The van der Waals surface area contributed by atoms with E-state index in [0.29, 0.717) is 19.2 Å². The van der Waals surface area contributed by atoms with Gasteiger partial charge in [-0.2, -0.15) is 5.10 Å². The molecule has 0 unspecified atom stereocenters. The van der Waals surface area contributed by atoms with Crippen LogP contribution in [-0.2, 0) is 6.61 Å². The summed E-state index contributed by atoms with van der Waals surface area (Å²) in [7, 11) is 0. The molecule has 0 aliphatic heterocycles. The number of aryl methyl sites for hydroxylation is 1. The monoisotopic (exact) mass is 283 g/mol. The van der Waals surface area contributed by atoms with Crippen LogP contribution in [0.2, 0.25) is 0 Å². The highest BCUT2D eigenvalue weighted by molar-refractivity contribution is 5.48. The first kappa shape index (κ1) is 15.1. The summed E-state index contributed by atoms with van der Waals surface area (Å²) in [5.41, 5.74) is 8.35. The maximum absolute atomic E-state index is 5.85. The van der Waals surface area contributed by atoms with Gasteiger partial charge in [0.15, 0.2) is 0 Å². The van der Waals surface area contributed by atoms with Crippen LogP contribution in [0, 0.1) is 18.8 Å². The first-order valence-corrected chi connectivity index (χ1v) is 7.06. The second kappa shape index (κ2) is 6.96. The third-order valence-corrected chi connectivity index (χ3v) is 3.03. The van der Waals surface area contributed by atoms with Gasteiger partial charge in [0.05, 0.1) is 17.8 Å². The van der Waals surface area contributed by atoms with Crippen LogP contribution in [0.1, 0.15) is 36.7 Å². The fourth-order valence-corrected chi connectivity index (χ4v) is 1.91. The second-order valence-corrected chi connectivity index (χ2v) is 5.18. The highest BCUT2D eigenvalue weighted by atomic mass is 16.5. The molecule has 0 radical (unpaired) electrons. The van der Waals surface area contributed by atoms with Crippen molar-refractivity contribution in [2.45, 2.75) is 33.4 Å². The predicted octanol–water partition coefficient (Wildman–Crippen LogP) is 2.66. The van der Waals surface area contributed by atoms with Gasteiger partial charge in [0.1, 0.15) is 12.4 Å². The molecule has 0 aliphatic rings. The fraction of sp³-hybridized carbons (Fsp3) is 0.353. The first-order chi connectivity index (χ1) is 10.1. The number of hydrogen-bond acceptors (Lipinski definition) is 3. The number of nitrogens with two attached hydrogens (primary N) is 1. The zero-order chi connectivity index (χ0) is 15.2. The standard InChI is InChI=1S/C17H21N3O/c1-13(2)20-10-8-16(19-20)12-21-17-7-6-14(3)11-15(17)5-4-9-18/h6-8,10-11,13H,9,12,18H2,1-3H3. The van der Waals surface area contributed by atoms with Crippen LogP contribution in [0.3, 0.4) is 0 Å². The minimum Gasteiger partial charge on any atom is -0.486 e. The molecule has 2 N–H and O–H groups in total. The molecule has 1 heterocycles. The maximum Gasteiger partial charge on any atom is 0.135 e. The zero-order valence-electron chi connectivity index (χ0n) is 12.8. The maximum atomic E-state index is 5.85. The first-order valence-electron chi connectivity index (χ1n) is 7.06. The lowest BCUT2D eigenvalue weighted by Gasteiger charge is -2.08. The van der Waals surface area contributed by atoms with Crippen LogP contribution in [0.25, 0.3) is 0 Å². The van der Waals surface area contributed by atoms with E-state index >= 15 is 0 Å². The van der Waals surface area contributed by atoms with E-state index in [4.69, 9.17) is 10.5 Å². The smallest absolute Gasteiger partial charge is 0.135 e. The summed E-state index contributed by atoms with van der Waals surface area (Å²) in [4.78, 5) is 0. The van der Waals surface area contributed by atoms with Gasteiger partial charge in [0, 0.05) is 12.2 Å². The molecule has 0 saturated heterocycles. The normalized spacial score (nSPS) is 10.3. The van der Waals surface area contributed by atoms with E-state index in [9.17, 15) is 0 Å². The second-order valence-electron chi connectivity index (χ2n) is 5.18. The zero-order valence-corrected chi connectivity index (χ0v) is 12.8. The summed E-state index contributed by atoms with van der Waals surface area (Å²) in [5, 5.41) is 4.47. The molecule has 2 aromatic rings. The van der Waals surface area contributed by atoms with Crippen molar-refractivity contribution in [1.82, 2.24) is 9.78 Å². The molecule has 0 spiro atoms. The van der Waals surface area contributed by atoms with E-state index in [0.717, 1.165) is 22.6 Å². The van der Waals surface area contributed by atoms with Gasteiger partial charge in [-0.05, 0) is 44.5 Å². The Morgan fingerprint density at radius 2 is 2.14 bits per heavy atom. The Hall–Kier alpha value is -2.25. The molecule has 0 fully saturated rings. The van der Waals surface area contributed by atoms with E-state index in [1.165, 1.54) is 0 Å². The number of benzene rings is 1. The molecule has 0 saturated carbocycles. The van der Waals surface area contributed by atoms with Crippen LogP contribution in [0.5, 0.6) is 5.75 Å². The Morgan fingerprint density at radius 1 is 1.33 bits per heavy atom. The summed E-state index contributed by atoms with van der Waals surface area (Å²) < 4.78 is 7.77. The highest BCUT2D eigenvalue weighted by Crippen LogP contribution is 2.20. The average Bonchev–Trinajstić information content (AvgIpc) is 2.93. The van der Waals surface area contributed by atoms with Gasteiger partial charge in [-0.3, -0.25) is 4.68 Å². The Labute approximate surface area is 125 Å². The minimum atomic E-state index is 0.339. The van der Waals surface area contributed by atoms with Crippen molar-refractivity contribution in [3.8, 4) is 17.6 Å². The lowest BCUT2D eigenvalue weighted by molar-refractivity contribution is 0.298. The fourth-order valence-electron chi connectivity index (χ4n) is 1.91. The molecular formula is C17H21N3O. The number of aromatic nitrogens is 2. The molecule has 0 amide bonds. The number of rotatable bonds is 4. The van der Waals surface area contributed by atoms with E-state index in [1.807, 2.05) is 42.1 Å². The molecule has 1 aromatic heterocycles. The van der Waals surface area contributed by atoms with Gasteiger partial charge in [-0.15, -0.1) is 0 Å². The Balaban J connectivity index is 2.11. The highest BCUT2D eigenvalue weighted by Gasteiger charge is 2.05. The molecule has 4 nitrogen and oxygen atoms in total. The third kappa shape index (κ3) is 4.11. The van der Waals surface area contributed by atoms with Crippen LogP contribution >= 0.6 is 0 Å². The Bertz CT molecular complexity index is 662. The van der Waals surface area contributed by atoms with E-state index in [2.05, 4.69) is 30.8 Å². The SMILES string of the molecule is Cc1ccc(OCc2ccn(C(C)C)n2)c(C#CCN)c1. The van der Waals surface area contributed by atoms with Crippen molar-refractivity contribution in [1.29, 1.82) is 0 Å². The van der Waals surface area contributed by atoms with Gasteiger partial charge < -0.3 is 10.5 Å². The third-order valence-electron chi connectivity index (χ3n) is 3.03. The Kier molecular flexibility index (Phi) is 5.02. The van der Waals surface area contributed by atoms with Crippen LogP contribution < -0.4 is 10.5 Å². The van der Waals surface area contributed by atoms with Gasteiger partial charge in [0.25, 0.3) is 0 Å². The molecule has 2 rings (SSSR count). The summed E-state index contributed by atoms with van der Waals surface area (Å²) in [6.07, 6.45) is 1.97. The van der Waals surface area contributed by atoms with Gasteiger partial charge in [0.2, 0.25) is 0 Å². The molecule has 1 aromatic carbocycles. The van der Waals surface area contributed by atoms with Gasteiger partial charge in [-0.1, -0.05) is 17.9 Å². The largest absolute Gasteiger partial charge is 0.486 e. The van der Waals surface area contributed by atoms with Crippen LogP contribution in [-0.4, -0.2) is 16.3 Å². The summed E-state index contributed by atoms with van der Waals surface area (Å²) in [5.74, 6) is 6.68. The molecule has 0 atom stereocenters. The lowest BCUT2D eigenvalue weighted by Crippen LogP contribution is -2.04. The molecular weight excluding hydrogens is 262 g/mol. The molecule has 0 bridgehead atoms. The topological polar surface area (TPSA) is 53.1 Å². The van der Waals surface area contributed by atoms with Crippen LogP contribution in [0.4, 0.5) is 0 Å². The minimum absolute atomic E-state index is 0.339. The average molecular weight is 283 g/mol.